The zero-order valence-corrected chi connectivity index (χ0v) is 14.7. The molecule has 0 saturated heterocycles. The van der Waals surface area contributed by atoms with Gasteiger partial charge in [0, 0.05) is 6.54 Å². The predicted octanol–water partition coefficient (Wildman–Crippen LogP) is 4.21. The smallest absolute Gasteiger partial charge is 0.180 e. The molecule has 1 aromatic rings. The second-order valence-corrected chi connectivity index (χ2v) is 8.21. The quantitative estimate of drug-likeness (QED) is 0.618. The molecule has 0 aliphatic heterocycles. The molecule has 0 heterocycles. The molecule has 1 N–H and O–H groups in total. The lowest BCUT2D eigenvalue weighted by molar-refractivity contribution is 0.595. The Hall–Kier alpha value is -0.680. The third kappa shape index (κ3) is 6.74. The van der Waals surface area contributed by atoms with Gasteiger partial charge in [-0.15, -0.1) is 0 Å². The van der Waals surface area contributed by atoms with Gasteiger partial charge >= 0.3 is 0 Å². The van der Waals surface area contributed by atoms with Crippen molar-refractivity contribution in [2.75, 3.05) is 29.6 Å². The Morgan fingerprint density at radius 3 is 2.52 bits per heavy atom. The fourth-order valence-corrected chi connectivity index (χ4v) is 4.22. The van der Waals surface area contributed by atoms with Gasteiger partial charge in [0.2, 0.25) is 0 Å². The molecule has 0 aromatic heterocycles. The average Bonchev–Trinajstić information content (AvgIpc) is 2.46. The Kier molecular flexibility index (Phi) is 8.85. The van der Waals surface area contributed by atoms with E-state index in [-0.39, 0.29) is 5.75 Å². The summed E-state index contributed by atoms with van der Waals surface area (Å²) in [4.78, 5) is 0.439. The summed E-state index contributed by atoms with van der Waals surface area (Å²) < 4.78 is 24.4. The number of hydrogen-bond donors (Lipinski definition) is 1. The van der Waals surface area contributed by atoms with Crippen LogP contribution in [0.5, 0.6) is 0 Å². The van der Waals surface area contributed by atoms with Crippen molar-refractivity contribution in [2.45, 2.75) is 43.9 Å². The lowest BCUT2D eigenvalue weighted by atomic mass is 10.2. The lowest BCUT2D eigenvalue weighted by Gasteiger charge is -2.12. The van der Waals surface area contributed by atoms with Crippen LogP contribution in [0.25, 0.3) is 0 Å². The molecule has 0 aliphatic carbocycles. The monoisotopic (exact) mass is 329 g/mol. The van der Waals surface area contributed by atoms with Gasteiger partial charge in [-0.3, -0.25) is 0 Å². The van der Waals surface area contributed by atoms with Crippen molar-refractivity contribution >= 4 is 27.3 Å². The molecule has 0 aliphatic rings. The molecule has 0 radical (unpaired) electrons. The molecule has 0 amide bonds. The Morgan fingerprint density at radius 1 is 1.10 bits per heavy atom. The summed E-state index contributed by atoms with van der Waals surface area (Å²) in [6, 6.07) is 7.23. The number of unbranched alkanes of at least 4 members (excludes halogenated alkanes) is 3. The minimum atomic E-state index is -3.16. The van der Waals surface area contributed by atoms with Gasteiger partial charge in [-0.25, -0.2) is 8.42 Å². The van der Waals surface area contributed by atoms with E-state index in [1.165, 1.54) is 25.0 Å². The highest BCUT2D eigenvalue weighted by molar-refractivity contribution is 7.98. The van der Waals surface area contributed by atoms with Gasteiger partial charge in [0.25, 0.3) is 0 Å². The number of sulfone groups is 1. The number of benzene rings is 1. The molecule has 0 bridgehead atoms. The van der Waals surface area contributed by atoms with Gasteiger partial charge in [0.1, 0.15) is 0 Å². The van der Waals surface area contributed by atoms with Crippen molar-refractivity contribution in [1.82, 2.24) is 0 Å². The first-order chi connectivity index (χ1) is 10.1. The summed E-state index contributed by atoms with van der Waals surface area (Å²) in [6.45, 7) is 2.72. The molecule has 3 nitrogen and oxygen atoms in total. The number of anilines is 1. The van der Waals surface area contributed by atoms with Crippen LogP contribution in [0.15, 0.2) is 29.2 Å². The number of thioether (sulfide) groups is 1. The van der Waals surface area contributed by atoms with Crippen LogP contribution in [0.3, 0.4) is 0 Å². The van der Waals surface area contributed by atoms with E-state index in [9.17, 15) is 8.42 Å². The van der Waals surface area contributed by atoms with Crippen molar-refractivity contribution in [2.24, 2.45) is 0 Å². The van der Waals surface area contributed by atoms with E-state index in [0.29, 0.717) is 11.3 Å². The van der Waals surface area contributed by atoms with Gasteiger partial charge in [0.05, 0.1) is 16.3 Å². The second-order valence-electron chi connectivity index (χ2n) is 5.15. The van der Waals surface area contributed by atoms with Gasteiger partial charge in [-0.05, 0) is 43.4 Å². The van der Waals surface area contributed by atoms with E-state index in [0.717, 1.165) is 18.7 Å². The highest BCUT2D eigenvalue weighted by atomic mass is 32.2. The molecule has 0 fully saturated rings. The Morgan fingerprint density at radius 2 is 1.81 bits per heavy atom. The molecule has 0 atom stereocenters. The highest BCUT2D eigenvalue weighted by Gasteiger charge is 2.16. The summed E-state index contributed by atoms with van der Waals surface area (Å²) in [5, 5.41) is 3.28. The van der Waals surface area contributed by atoms with Crippen LogP contribution in [-0.2, 0) is 9.84 Å². The topological polar surface area (TPSA) is 46.2 Å². The normalized spacial score (nSPS) is 11.5. The fraction of sp³-hybridized carbons (Fsp3) is 0.625. The zero-order valence-electron chi connectivity index (χ0n) is 13.1. The molecule has 5 heteroatoms. The first kappa shape index (κ1) is 18.4. The van der Waals surface area contributed by atoms with Crippen LogP contribution in [0.4, 0.5) is 5.69 Å². The highest BCUT2D eigenvalue weighted by Crippen LogP contribution is 2.22. The summed E-state index contributed by atoms with van der Waals surface area (Å²) in [6.07, 6.45) is 7.57. The van der Waals surface area contributed by atoms with Crippen molar-refractivity contribution in [3.63, 3.8) is 0 Å². The van der Waals surface area contributed by atoms with Crippen LogP contribution >= 0.6 is 11.8 Å². The molecule has 1 aromatic carbocycles. The van der Waals surface area contributed by atoms with Crippen molar-refractivity contribution in [3.8, 4) is 0 Å². The maximum Gasteiger partial charge on any atom is 0.180 e. The van der Waals surface area contributed by atoms with Gasteiger partial charge in [-0.2, -0.15) is 11.8 Å². The average molecular weight is 330 g/mol. The van der Waals surface area contributed by atoms with E-state index in [1.807, 2.05) is 30.8 Å². The van der Waals surface area contributed by atoms with E-state index >= 15 is 0 Å². The molecule has 0 saturated carbocycles. The van der Waals surface area contributed by atoms with E-state index in [1.54, 1.807) is 12.1 Å². The van der Waals surface area contributed by atoms with Crippen LogP contribution < -0.4 is 5.32 Å². The molecule has 0 spiro atoms. The van der Waals surface area contributed by atoms with Crippen LogP contribution in [0.2, 0.25) is 0 Å². The van der Waals surface area contributed by atoms with Crippen molar-refractivity contribution < 1.29 is 8.42 Å². The van der Waals surface area contributed by atoms with Gasteiger partial charge in [0.15, 0.2) is 9.84 Å². The Bertz CT molecular complexity index is 501. The van der Waals surface area contributed by atoms with E-state index < -0.39 is 9.84 Å². The maximum absolute atomic E-state index is 12.2. The van der Waals surface area contributed by atoms with Gasteiger partial charge in [-0.1, -0.05) is 31.9 Å². The lowest BCUT2D eigenvalue weighted by Crippen LogP contribution is -2.11. The molecule has 0 unspecified atom stereocenters. The second kappa shape index (κ2) is 10.1. The summed E-state index contributed by atoms with van der Waals surface area (Å²) >= 11 is 1.89. The summed E-state index contributed by atoms with van der Waals surface area (Å²) in [7, 11) is -3.16. The van der Waals surface area contributed by atoms with Crippen LogP contribution in [0.1, 0.15) is 39.0 Å². The third-order valence-electron chi connectivity index (χ3n) is 3.29. The number of nitrogens with one attached hydrogen (secondary N) is 1. The first-order valence-corrected chi connectivity index (χ1v) is 10.7. The van der Waals surface area contributed by atoms with E-state index in [4.69, 9.17) is 0 Å². The minimum Gasteiger partial charge on any atom is -0.384 e. The SMILES string of the molecule is CCCS(=O)(=O)c1ccccc1NCCCCCCSC. The standard InChI is InChI=1S/C16H27NO2S2/c1-3-14-21(18,19)16-11-7-6-10-15(16)17-12-8-4-5-9-13-20-2/h6-7,10-11,17H,3-5,8-9,12-14H2,1-2H3. The minimum absolute atomic E-state index is 0.209. The first-order valence-electron chi connectivity index (χ1n) is 7.66. The predicted molar refractivity (Wildman–Crippen MR) is 94.1 cm³/mol. The number of rotatable bonds is 11. The largest absolute Gasteiger partial charge is 0.384 e. The van der Waals surface area contributed by atoms with Gasteiger partial charge < -0.3 is 5.32 Å². The molecule has 21 heavy (non-hydrogen) atoms. The number of hydrogen-bond acceptors (Lipinski definition) is 4. The Labute approximate surface area is 133 Å². The fourth-order valence-electron chi connectivity index (χ4n) is 2.21. The third-order valence-corrected chi connectivity index (χ3v) is 5.95. The van der Waals surface area contributed by atoms with E-state index in [2.05, 4.69) is 11.6 Å². The maximum atomic E-state index is 12.2. The molecular weight excluding hydrogens is 302 g/mol. The zero-order chi connectivity index (χ0) is 15.6. The van der Waals surface area contributed by atoms with Crippen LogP contribution in [0, 0.1) is 0 Å². The molecule has 120 valence electrons. The summed E-state index contributed by atoms with van der Waals surface area (Å²) in [5.74, 6) is 1.44. The molecule has 1 rings (SSSR count). The Balaban J connectivity index is 2.49. The van der Waals surface area contributed by atoms with Crippen LogP contribution in [-0.4, -0.2) is 32.7 Å². The van der Waals surface area contributed by atoms with Crippen molar-refractivity contribution in [3.05, 3.63) is 24.3 Å². The van der Waals surface area contributed by atoms with Crippen molar-refractivity contribution in [1.29, 1.82) is 0 Å². The number of para-hydroxylation sites is 1. The molecular formula is C16H27NO2S2. The summed E-state index contributed by atoms with van der Waals surface area (Å²) in [5.41, 5.74) is 0.745.